The zero-order valence-corrected chi connectivity index (χ0v) is 10.0. The molecule has 1 aromatic carbocycles. The maximum atomic E-state index is 11.4. The standard InChI is InChI=1S/C13H19NO2/c1-3-10-7-5-6-8-11(10)12(14)9-13(15)16-4-2/h5-8,12H,3-4,9,14H2,1-2H3/p+1/t12-/m0/s1. The molecule has 0 amide bonds. The van der Waals surface area contributed by atoms with Crippen molar-refractivity contribution in [2.24, 2.45) is 0 Å². The van der Waals surface area contributed by atoms with E-state index in [0.29, 0.717) is 13.0 Å². The fraction of sp³-hybridized carbons (Fsp3) is 0.462. The molecule has 0 bridgehead atoms. The molecule has 1 atom stereocenters. The molecule has 88 valence electrons. The minimum atomic E-state index is -0.173. The summed E-state index contributed by atoms with van der Waals surface area (Å²) in [4.78, 5) is 11.4. The molecule has 0 heterocycles. The first kappa shape index (κ1) is 12.7. The van der Waals surface area contributed by atoms with Gasteiger partial charge in [-0.15, -0.1) is 0 Å². The second-order valence-corrected chi connectivity index (χ2v) is 3.76. The Bertz CT molecular complexity index is 350. The van der Waals surface area contributed by atoms with E-state index < -0.39 is 0 Å². The Morgan fingerprint density at radius 2 is 2.06 bits per heavy atom. The number of ether oxygens (including phenoxy) is 1. The Hall–Kier alpha value is -1.35. The van der Waals surface area contributed by atoms with E-state index in [2.05, 4.69) is 18.7 Å². The van der Waals surface area contributed by atoms with Gasteiger partial charge in [-0.05, 0) is 18.9 Å². The first-order valence-electron chi connectivity index (χ1n) is 5.75. The summed E-state index contributed by atoms with van der Waals surface area (Å²) in [6, 6.07) is 8.10. The Morgan fingerprint density at radius 1 is 1.38 bits per heavy atom. The largest absolute Gasteiger partial charge is 0.466 e. The van der Waals surface area contributed by atoms with Gasteiger partial charge >= 0.3 is 5.97 Å². The predicted octanol–water partition coefficient (Wildman–Crippen LogP) is 1.49. The first-order valence-corrected chi connectivity index (χ1v) is 5.75. The van der Waals surface area contributed by atoms with E-state index in [1.807, 2.05) is 25.1 Å². The molecule has 0 spiro atoms. The van der Waals surface area contributed by atoms with E-state index in [1.54, 1.807) is 0 Å². The van der Waals surface area contributed by atoms with Gasteiger partial charge in [-0.2, -0.15) is 0 Å². The van der Waals surface area contributed by atoms with Crippen LogP contribution in [0.3, 0.4) is 0 Å². The van der Waals surface area contributed by atoms with Crippen molar-refractivity contribution < 1.29 is 15.3 Å². The Balaban J connectivity index is 2.72. The molecule has 16 heavy (non-hydrogen) atoms. The summed E-state index contributed by atoms with van der Waals surface area (Å²) in [6.07, 6.45) is 1.32. The molecular weight excluding hydrogens is 202 g/mol. The van der Waals surface area contributed by atoms with Crippen molar-refractivity contribution in [3.63, 3.8) is 0 Å². The summed E-state index contributed by atoms with van der Waals surface area (Å²) in [5.74, 6) is -0.173. The van der Waals surface area contributed by atoms with Gasteiger partial charge < -0.3 is 10.5 Å². The summed E-state index contributed by atoms with van der Waals surface area (Å²) in [5, 5.41) is 0. The van der Waals surface area contributed by atoms with E-state index in [-0.39, 0.29) is 12.0 Å². The number of carbonyl (C=O) groups is 1. The van der Waals surface area contributed by atoms with Crippen molar-refractivity contribution >= 4 is 5.97 Å². The molecule has 0 unspecified atom stereocenters. The second-order valence-electron chi connectivity index (χ2n) is 3.76. The summed E-state index contributed by atoms with van der Waals surface area (Å²) in [5.41, 5.74) is 6.45. The maximum absolute atomic E-state index is 11.4. The molecule has 0 radical (unpaired) electrons. The third-order valence-electron chi connectivity index (χ3n) is 2.59. The number of esters is 1. The monoisotopic (exact) mass is 222 g/mol. The molecule has 0 fully saturated rings. The van der Waals surface area contributed by atoms with E-state index in [9.17, 15) is 4.79 Å². The first-order chi connectivity index (χ1) is 7.69. The van der Waals surface area contributed by atoms with Gasteiger partial charge in [0, 0.05) is 5.56 Å². The second kappa shape index (κ2) is 6.28. The Morgan fingerprint density at radius 3 is 2.69 bits per heavy atom. The zero-order valence-electron chi connectivity index (χ0n) is 10.0. The van der Waals surface area contributed by atoms with Gasteiger partial charge in [0.1, 0.15) is 12.5 Å². The highest BCUT2D eigenvalue weighted by molar-refractivity contribution is 5.70. The van der Waals surface area contributed by atoms with E-state index >= 15 is 0 Å². The molecule has 3 nitrogen and oxygen atoms in total. The molecule has 3 N–H and O–H groups in total. The minimum absolute atomic E-state index is 0.0183. The van der Waals surface area contributed by atoms with Crippen LogP contribution in [0, 0.1) is 0 Å². The van der Waals surface area contributed by atoms with Crippen molar-refractivity contribution in [3.8, 4) is 0 Å². The third kappa shape index (κ3) is 3.35. The van der Waals surface area contributed by atoms with Gasteiger partial charge in [0.25, 0.3) is 0 Å². The molecule has 3 heteroatoms. The molecule has 0 aliphatic carbocycles. The number of hydrogen-bond acceptors (Lipinski definition) is 2. The number of aryl methyl sites for hydroxylation is 1. The summed E-state index contributed by atoms with van der Waals surface area (Å²) >= 11 is 0. The fourth-order valence-corrected chi connectivity index (χ4v) is 1.79. The van der Waals surface area contributed by atoms with Crippen LogP contribution in [0.5, 0.6) is 0 Å². The van der Waals surface area contributed by atoms with Crippen LogP contribution in [0.15, 0.2) is 24.3 Å². The van der Waals surface area contributed by atoms with Crippen molar-refractivity contribution in [2.45, 2.75) is 32.7 Å². The van der Waals surface area contributed by atoms with Crippen LogP contribution in [0.25, 0.3) is 0 Å². The Kier molecular flexibility index (Phi) is 4.99. The summed E-state index contributed by atoms with van der Waals surface area (Å²) < 4.78 is 4.93. The molecule has 1 rings (SSSR count). The van der Waals surface area contributed by atoms with Crippen molar-refractivity contribution in [2.75, 3.05) is 6.61 Å². The highest BCUT2D eigenvalue weighted by atomic mass is 16.5. The van der Waals surface area contributed by atoms with Crippen LogP contribution >= 0.6 is 0 Å². The van der Waals surface area contributed by atoms with Crippen LogP contribution in [0.4, 0.5) is 0 Å². The average molecular weight is 222 g/mol. The van der Waals surface area contributed by atoms with Gasteiger partial charge in [-0.3, -0.25) is 4.79 Å². The fourth-order valence-electron chi connectivity index (χ4n) is 1.79. The highest BCUT2D eigenvalue weighted by Gasteiger charge is 2.17. The van der Waals surface area contributed by atoms with E-state index in [0.717, 1.165) is 12.0 Å². The molecule has 0 aliphatic rings. The lowest BCUT2D eigenvalue weighted by molar-refractivity contribution is -0.426. The lowest BCUT2D eigenvalue weighted by atomic mass is 9.97. The van der Waals surface area contributed by atoms with Gasteiger partial charge in [-0.25, -0.2) is 0 Å². The van der Waals surface area contributed by atoms with E-state index in [1.165, 1.54) is 5.56 Å². The van der Waals surface area contributed by atoms with Crippen molar-refractivity contribution in [1.29, 1.82) is 0 Å². The quantitative estimate of drug-likeness (QED) is 0.767. The van der Waals surface area contributed by atoms with Gasteiger partial charge in [0.15, 0.2) is 0 Å². The smallest absolute Gasteiger partial charge is 0.312 e. The highest BCUT2D eigenvalue weighted by Crippen LogP contribution is 2.18. The molecule has 1 aromatic rings. The topological polar surface area (TPSA) is 53.9 Å². The number of carbonyl (C=O) groups excluding carboxylic acids is 1. The van der Waals surface area contributed by atoms with Crippen LogP contribution in [-0.2, 0) is 16.0 Å². The van der Waals surface area contributed by atoms with Gasteiger partial charge in [-0.1, -0.05) is 31.2 Å². The number of rotatable bonds is 5. The van der Waals surface area contributed by atoms with Crippen LogP contribution in [0.1, 0.15) is 37.4 Å². The van der Waals surface area contributed by atoms with Crippen LogP contribution in [-0.4, -0.2) is 12.6 Å². The number of benzene rings is 1. The third-order valence-corrected chi connectivity index (χ3v) is 2.59. The molecule has 0 aliphatic heterocycles. The van der Waals surface area contributed by atoms with E-state index in [4.69, 9.17) is 4.74 Å². The maximum Gasteiger partial charge on any atom is 0.312 e. The number of hydrogen-bond donors (Lipinski definition) is 1. The minimum Gasteiger partial charge on any atom is -0.466 e. The molecular formula is C13H20NO2+. The average Bonchev–Trinajstić information content (AvgIpc) is 2.29. The lowest BCUT2D eigenvalue weighted by Crippen LogP contribution is -2.54. The zero-order chi connectivity index (χ0) is 12.0. The lowest BCUT2D eigenvalue weighted by Gasteiger charge is -2.12. The van der Waals surface area contributed by atoms with Crippen LogP contribution in [0.2, 0.25) is 0 Å². The van der Waals surface area contributed by atoms with Crippen molar-refractivity contribution in [1.82, 2.24) is 0 Å². The molecule has 0 saturated heterocycles. The van der Waals surface area contributed by atoms with Gasteiger partial charge in [0.2, 0.25) is 0 Å². The normalized spacial score (nSPS) is 12.2. The summed E-state index contributed by atoms with van der Waals surface area (Å²) in [6.45, 7) is 4.35. The SMILES string of the molecule is CCOC(=O)C[C@H]([NH3+])c1ccccc1CC. The number of quaternary nitrogens is 1. The Labute approximate surface area is 96.6 Å². The van der Waals surface area contributed by atoms with Crippen LogP contribution < -0.4 is 5.73 Å². The summed E-state index contributed by atoms with van der Waals surface area (Å²) in [7, 11) is 0. The van der Waals surface area contributed by atoms with Crippen molar-refractivity contribution in [3.05, 3.63) is 35.4 Å². The molecule has 0 aromatic heterocycles. The molecule has 0 saturated carbocycles. The predicted molar refractivity (Wildman–Crippen MR) is 62.7 cm³/mol. The van der Waals surface area contributed by atoms with Gasteiger partial charge in [0.05, 0.1) is 6.61 Å².